The fourth-order valence-electron chi connectivity index (χ4n) is 3.21. The number of aryl methyl sites for hydroxylation is 1. The van der Waals surface area contributed by atoms with Crippen molar-refractivity contribution in [3.63, 3.8) is 0 Å². The van der Waals surface area contributed by atoms with Crippen LogP contribution in [0.25, 0.3) is 11.5 Å². The summed E-state index contributed by atoms with van der Waals surface area (Å²) >= 11 is 0. The molecule has 24 heavy (non-hydrogen) atoms. The monoisotopic (exact) mass is 328 g/mol. The molecule has 1 aromatic carbocycles. The number of rotatable bonds is 5. The van der Waals surface area contributed by atoms with Crippen LogP contribution in [-0.2, 0) is 0 Å². The van der Waals surface area contributed by atoms with E-state index in [1.165, 1.54) is 6.42 Å². The number of hydrogen-bond donors (Lipinski definition) is 1. The zero-order chi connectivity index (χ0) is 16.9. The molecule has 0 radical (unpaired) electrons. The van der Waals surface area contributed by atoms with Crippen LogP contribution < -0.4 is 5.32 Å². The van der Waals surface area contributed by atoms with Crippen LogP contribution in [-0.4, -0.2) is 47.6 Å². The minimum absolute atomic E-state index is 0.0496. The van der Waals surface area contributed by atoms with E-state index in [1.54, 1.807) is 6.92 Å². The summed E-state index contributed by atoms with van der Waals surface area (Å²) in [5, 5.41) is 7.03. The zero-order valence-corrected chi connectivity index (χ0v) is 14.3. The zero-order valence-electron chi connectivity index (χ0n) is 14.3. The van der Waals surface area contributed by atoms with E-state index >= 15 is 0 Å². The van der Waals surface area contributed by atoms with Gasteiger partial charge in [0.05, 0.1) is 11.1 Å². The molecule has 0 bridgehead atoms. The van der Waals surface area contributed by atoms with E-state index in [9.17, 15) is 4.79 Å². The number of likely N-dealkylation sites (tertiary alicyclic amines) is 1. The minimum Gasteiger partial charge on any atom is -0.339 e. The summed E-state index contributed by atoms with van der Waals surface area (Å²) in [5.74, 6) is 1.72. The average Bonchev–Trinajstić information content (AvgIpc) is 3.06. The Kier molecular flexibility index (Phi) is 5.25. The Labute approximate surface area is 142 Å². The fourth-order valence-corrected chi connectivity index (χ4v) is 3.21. The van der Waals surface area contributed by atoms with Crippen LogP contribution in [0.1, 0.15) is 35.4 Å². The van der Waals surface area contributed by atoms with Crippen molar-refractivity contribution < 1.29 is 9.32 Å². The van der Waals surface area contributed by atoms with Crippen molar-refractivity contribution in [2.75, 3.05) is 26.7 Å². The molecule has 128 valence electrons. The molecule has 3 rings (SSSR count). The molecular weight excluding hydrogens is 304 g/mol. The molecule has 2 heterocycles. The maximum Gasteiger partial charge on any atom is 0.258 e. The second-order valence-corrected chi connectivity index (χ2v) is 6.32. The molecule has 2 aromatic rings. The van der Waals surface area contributed by atoms with Crippen molar-refractivity contribution >= 4 is 5.91 Å². The largest absolute Gasteiger partial charge is 0.339 e. The van der Waals surface area contributed by atoms with E-state index in [4.69, 9.17) is 4.52 Å². The highest BCUT2D eigenvalue weighted by atomic mass is 16.5. The number of carbonyl (C=O) groups is 1. The lowest BCUT2D eigenvalue weighted by Gasteiger charge is -2.32. The van der Waals surface area contributed by atoms with E-state index in [-0.39, 0.29) is 5.91 Å². The molecular formula is C18H24N4O2. The first-order valence-electron chi connectivity index (χ1n) is 8.52. The Morgan fingerprint density at radius 2 is 2.08 bits per heavy atom. The second kappa shape index (κ2) is 7.57. The number of benzene rings is 1. The van der Waals surface area contributed by atoms with Gasteiger partial charge in [-0.25, -0.2) is 0 Å². The first-order valence-corrected chi connectivity index (χ1v) is 8.52. The Balaban J connectivity index is 1.72. The molecule has 1 amide bonds. The summed E-state index contributed by atoms with van der Waals surface area (Å²) < 4.78 is 5.25. The van der Waals surface area contributed by atoms with Gasteiger partial charge in [0.1, 0.15) is 0 Å². The van der Waals surface area contributed by atoms with Crippen molar-refractivity contribution in [2.45, 2.75) is 26.2 Å². The topological polar surface area (TPSA) is 71.3 Å². The number of aromatic nitrogens is 2. The van der Waals surface area contributed by atoms with Gasteiger partial charge in [0.2, 0.25) is 0 Å². The highest BCUT2D eigenvalue weighted by molar-refractivity contribution is 6.00. The predicted octanol–water partition coefficient (Wildman–Crippen LogP) is 2.51. The molecule has 0 unspecified atom stereocenters. The molecule has 1 aliphatic heterocycles. The SMILES string of the molecule is CNCCC1CCN(C(=O)c2ccccc2-c2nc(C)no2)CC1. The molecule has 0 atom stereocenters. The lowest BCUT2D eigenvalue weighted by molar-refractivity contribution is 0.0687. The second-order valence-electron chi connectivity index (χ2n) is 6.32. The third kappa shape index (κ3) is 3.64. The Bertz CT molecular complexity index is 690. The number of amides is 1. The van der Waals surface area contributed by atoms with Gasteiger partial charge in [-0.15, -0.1) is 0 Å². The number of nitrogens with one attached hydrogen (secondary N) is 1. The number of nitrogens with zero attached hydrogens (tertiary/aromatic N) is 3. The highest BCUT2D eigenvalue weighted by Crippen LogP contribution is 2.26. The highest BCUT2D eigenvalue weighted by Gasteiger charge is 2.26. The van der Waals surface area contributed by atoms with Crippen LogP contribution in [0.3, 0.4) is 0 Å². The van der Waals surface area contributed by atoms with Crippen LogP contribution in [0.5, 0.6) is 0 Å². The summed E-state index contributed by atoms with van der Waals surface area (Å²) in [6.45, 7) is 4.43. The van der Waals surface area contributed by atoms with Gasteiger partial charge in [0, 0.05) is 13.1 Å². The van der Waals surface area contributed by atoms with Crippen molar-refractivity contribution in [1.82, 2.24) is 20.4 Å². The van der Waals surface area contributed by atoms with Gasteiger partial charge in [0.15, 0.2) is 5.82 Å². The minimum atomic E-state index is 0.0496. The summed E-state index contributed by atoms with van der Waals surface area (Å²) in [6.07, 6.45) is 3.31. The van der Waals surface area contributed by atoms with E-state index in [1.807, 2.05) is 36.2 Å². The Morgan fingerprint density at radius 3 is 2.75 bits per heavy atom. The van der Waals surface area contributed by atoms with Gasteiger partial charge < -0.3 is 14.7 Å². The van der Waals surface area contributed by atoms with E-state index in [0.29, 0.717) is 28.8 Å². The van der Waals surface area contributed by atoms with Crippen LogP contribution >= 0.6 is 0 Å². The van der Waals surface area contributed by atoms with Gasteiger partial charge in [-0.2, -0.15) is 4.98 Å². The number of hydrogen-bond acceptors (Lipinski definition) is 5. The summed E-state index contributed by atoms with van der Waals surface area (Å²) in [5.41, 5.74) is 1.34. The van der Waals surface area contributed by atoms with Gasteiger partial charge in [-0.1, -0.05) is 17.3 Å². The van der Waals surface area contributed by atoms with Crippen molar-refractivity contribution in [1.29, 1.82) is 0 Å². The molecule has 0 spiro atoms. The summed E-state index contributed by atoms with van der Waals surface area (Å²) in [6, 6.07) is 7.46. The van der Waals surface area contributed by atoms with Gasteiger partial charge >= 0.3 is 0 Å². The lowest BCUT2D eigenvalue weighted by Crippen LogP contribution is -2.39. The normalized spacial score (nSPS) is 15.7. The molecule has 6 heteroatoms. The number of piperidine rings is 1. The quantitative estimate of drug-likeness (QED) is 0.913. The number of carbonyl (C=O) groups excluding carboxylic acids is 1. The van der Waals surface area contributed by atoms with E-state index in [2.05, 4.69) is 15.5 Å². The van der Waals surface area contributed by atoms with Crippen molar-refractivity contribution in [3.8, 4) is 11.5 Å². The molecule has 1 N–H and O–H groups in total. The fraction of sp³-hybridized carbons (Fsp3) is 0.500. The van der Waals surface area contributed by atoms with Gasteiger partial charge in [-0.05, 0) is 57.8 Å². The van der Waals surface area contributed by atoms with Gasteiger partial charge in [0.25, 0.3) is 11.8 Å². The molecule has 1 aromatic heterocycles. The van der Waals surface area contributed by atoms with E-state index < -0.39 is 0 Å². The smallest absolute Gasteiger partial charge is 0.258 e. The first kappa shape index (κ1) is 16.6. The van der Waals surface area contributed by atoms with Crippen molar-refractivity contribution in [3.05, 3.63) is 35.7 Å². The van der Waals surface area contributed by atoms with E-state index in [0.717, 1.165) is 32.5 Å². The lowest BCUT2D eigenvalue weighted by atomic mass is 9.93. The van der Waals surface area contributed by atoms with Crippen LogP contribution in [0, 0.1) is 12.8 Å². The molecule has 1 saturated heterocycles. The Hall–Kier alpha value is -2.21. The first-order chi connectivity index (χ1) is 11.7. The summed E-state index contributed by atoms with van der Waals surface area (Å²) in [4.78, 5) is 19.1. The van der Waals surface area contributed by atoms with Crippen LogP contribution in [0.2, 0.25) is 0 Å². The maximum atomic E-state index is 12.9. The van der Waals surface area contributed by atoms with Crippen molar-refractivity contribution in [2.24, 2.45) is 5.92 Å². The van der Waals surface area contributed by atoms with Crippen LogP contribution in [0.15, 0.2) is 28.8 Å². The van der Waals surface area contributed by atoms with Gasteiger partial charge in [-0.3, -0.25) is 4.79 Å². The Morgan fingerprint density at radius 1 is 1.33 bits per heavy atom. The summed E-state index contributed by atoms with van der Waals surface area (Å²) in [7, 11) is 1.98. The molecule has 0 saturated carbocycles. The molecule has 0 aliphatic carbocycles. The third-order valence-corrected chi connectivity index (χ3v) is 4.62. The third-order valence-electron chi connectivity index (χ3n) is 4.62. The average molecular weight is 328 g/mol. The molecule has 6 nitrogen and oxygen atoms in total. The maximum absolute atomic E-state index is 12.9. The standard InChI is InChI=1S/C18H24N4O2/c1-13-20-17(24-21-13)15-5-3-4-6-16(15)18(23)22-11-8-14(9-12-22)7-10-19-2/h3-6,14,19H,7-12H2,1-2H3. The predicted molar refractivity (Wildman–Crippen MR) is 91.6 cm³/mol. The molecule has 1 aliphatic rings. The molecule has 1 fully saturated rings. The van der Waals surface area contributed by atoms with Crippen LogP contribution in [0.4, 0.5) is 0 Å².